The molecule has 0 heterocycles. The lowest BCUT2D eigenvalue weighted by atomic mass is 9.49. The average molecular weight is 523 g/mol. The Hall–Kier alpha value is -2.42. The molecule has 2 heteroatoms. The number of fused-ring (bicyclic) bond motifs is 3. The molecule has 0 bridgehead atoms. The van der Waals surface area contributed by atoms with Crippen molar-refractivity contribution in [1.82, 2.24) is 10.6 Å². The molecule has 2 aliphatic carbocycles. The first-order chi connectivity index (χ1) is 18.9. The zero-order valence-electron chi connectivity index (χ0n) is 24.8. The van der Waals surface area contributed by atoms with Crippen molar-refractivity contribution in [3.63, 3.8) is 0 Å². The van der Waals surface area contributed by atoms with Crippen LogP contribution in [-0.4, -0.2) is 26.2 Å². The highest BCUT2D eigenvalue weighted by molar-refractivity contribution is 5.42. The van der Waals surface area contributed by atoms with Gasteiger partial charge < -0.3 is 10.6 Å². The highest BCUT2D eigenvalue weighted by Crippen LogP contribution is 2.57. The molecule has 39 heavy (non-hydrogen) atoms. The van der Waals surface area contributed by atoms with Gasteiger partial charge in [-0.05, 0) is 89.1 Å². The third-order valence-corrected chi connectivity index (χ3v) is 10.2. The largest absolute Gasteiger partial charge is 0.315 e. The van der Waals surface area contributed by atoms with Crippen LogP contribution in [0.4, 0.5) is 0 Å². The Morgan fingerprint density at radius 2 is 1.44 bits per heavy atom. The van der Waals surface area contributed by atoms with Crippen molar-refractivity contribution in [2.24, 2.45) is 11.3 Å². The molecular formula is C37H50N2. The van der Waals surface area contributed by atoms with Gasteiger partial charge >= 0.3 is 0 Å². The molecule has 0 spiro atoms. The highest BCUT2D eigenvalue weighted by atomic mass is 14.9. The van der Waals surface area contributed by atoms with Crippen molar-refractivity contribution in [1.29, 1.82) is 0 Å². The van der Waals surface area contributed by atoms with Crippen LogP contribution in [0.25, 0.3) is 0 Å². The zero-order valence-corrected chi connectivity index (χ0v) is 24.8. The van der Waals surface area contributed by atoms with Gasteiger partial charge in [-0.2, -0.15) is 0 Å². The van der Waals surface area contributed by atoms with E-state index in [9.17, 15) is 0 Å². The summed E-state index contributed by atoms with van der Waals surface area (Å²) in [6.07, 6.45) is 7.73. The molecule has 1 saturated carbocycles. The molecule has 0 radical (unpaired) electrons. The Morgan fingerprint density at radius 1 is 0.769 bits per heavy atom. The number of aryl methyl sites for hydroxylation is 1. The molecule has 0 saturated heterocycles. The molecule has 0 aliphatic heterocycles. The predicted molar refractivity (Wildman–Crippen MR) is 167 cm³/mol. The van der Waals surface area contributed by atoms with Gasteiger partial charge in [0.05, 0.1) is 0 Å². The van der Waals surface area contributed by atoms with E-state index in [-0.39, 0.29) is 0 Å². The summed E-state index contributed by atoms with van der Waals surface area (Å²) >= 11 is 0. The Labute approximate surface area is 238 Å². The van der Waals surface area contributed by atoms with Crippen LogP contribution in [0, 0.1) is 11.3 Å². The van der Waals surface area contributed by atoms with Crippen LogP contribution in [0.1, 0.15) is 99.5 Å². The van der Waals surface area contributed by atoms with Gasteiger partial charge in [-0.3, -0.25) is 0 Å². The van der Waals surface area contributed by atoms with Crippen molar-refractivity contribution < 1.29 is 0 Å². The minimum Gasteiger partial charge on any atom is -0.315 e. The Bertz CT molecular complexity index is 1150. The normalized spacial score (nSPS) is 24.5. The van der Waals surface area contributed by atoms with E-state index < -0.39 is 0 Å². The summed E-state index contributed by atoms with van der Waals surface area (Å²) in [4.78, 5) is 0. The second-order valence-electron chi connectivity index (χ2n) is 13.2. The number of hydrogen-bond donors (Lipinski definition) is 2. The van der Waals surface area contributed by atoms with E-state index in [2.05, 4.69) is 117 Å². The summed E-state index contributed by atoms with van der Waals surface area (Å²) in [6, 6.07) is 29.4. The number of rotatable bonds is 11. The van der Waals surface area contributed by atoms with E-state index in [1.807, 2.05) is 0 Å². The van der Waals surface area contributed by atoms with E-state index in [4.69, 9.17) is 0 Å². The van der Waals surface area contributed by atoms with Gasteiger partial charge in [0.15, 0.2) is 0 Å². The summed E-state index contributed by atoms with van der Waals surface area (Å²) in [6.45, 7) is 14.0. The maximum Gasteiger partial charge on any atom is 0.0101 e. The second-order valence-corrected chi connectivity index (χ2v) is 13.2. The molecule has 2 nitrogen and oxygen atoms in total. The van der Waals surface area contributed by atoms with E-state index in [1.54, 1.807) is 11.1 Å². The lowest BCUT2D eigenvalue weighted by molar-refractivity contribution is 0.0261. The third kappa shape index (κ3) is 6.18. The first-order valence-electron chi connectivity index (χ1n) is 15.6. The SMILES string of the molecule is CC(C)c1ccc2c(c1)CC[C@H]1[C@](C)(CNCCNCCC(c3ccccc3)c3ccccc3)CCC[C@]21C. The van der Waals surface area contributed by atoms with Gasteiger partial charge in [0.1, 0.15) is 0 Å². The van der Waals surface area contributed by atoms with E-state index in [0.29, 0.717) is 22.7 Å². The summed E-state index contributed by atoms with van der Waals surface area (Å²) in [7, 11) is 0. The quantitative estimate of drug-likeness (QED) is 0.248. The van der Waals surface area contributed by atoms with Gasteiger partial charge in [-0.1, -0.05) is 113 Å². The average Bonchev–Trinajstić information content (AvgIpc) is 2.95. The number of hydrogen-bond acceptors (Lipinski definition) is 2. The Balaban J connectivity index is 1.13. The molecule has 208 valence electrons. The molecule has 0 amide bonds. The fourth-order valence-electron chi connectivity index (χ4n) is 8.03. The minimum atomic E-state index is 0.319. The summed E-state index contributed by atoms with van der Waals surface area (Å²) in [5.74, 6) is 1.81. The Kier molecular flexibility index (Phi) is 8.94. The van der Waals surface area contributed by atoms with Crippen LogP contribution in [-0.2, 0) is 11.8 Å². The van der Waals surface area contributed by atoms with Crippen LogP contribution in [0.5, 0.6) is 0 Å². The van der Waals surface area contributed by atoms with Crippen molar-refractivity contribution in [3.05, 3.63) is 107 Å². The van der Waals surface area contributed by atoms with Gasteiger partial charge in [-0.25, -0.2) is 0 Å². The standard InChI is InChI=1S/C37H50N2/c1-28(2)31-16-18-34-32(26-31)17-19-35-36(3,21-11-22-37(34,35)4)27-39-25-24-38-23-20-33(29-12-7-5-8-13-29)30-14-9-6-10-15-30/h5-10,12-16,18,26,28,33,35,38-39H,11,17,19-25,27H2,1-4H3/t35-,36-,37+/m0/s1. The summed E-state index contributed by atoms with van der Waals surface area (Å²) < 4.78 is 0. The molecule has 3 aromatic carbocycles. The molecule has 0 aromatic heterocycles. The van der Waals surface area contributed by atoms with Crippen LogP contribution >= 0.6 is 0 Å². The molecule has 0 unspecified atom stereocenters. The zero-order chi connectivity index (χ0) is 27.3. The first-order valence-corrected chi connectivity index (χ1v) is 15.6. The van der Waals surface area contributed by atoms with Gasteiger partial charge in [0, 0.05) is 25.6 Å². The molecule has 3 atom stereocenters. The minimum absolute atomic E-state index is 0.319. The monoisotopic (exact) mass is 522 g/mol. The molecule has 2 N–H and O–H groups in total. The molecule has 2 aliphatic rings. The summed E-state index contributed by atoms with van der Waals surface area (Å²) in [5.41, 5.74) is 8.29. The molecule has 3 aromatic rings. The van der Waals surface area contributed by atoms with Gasteiger partial charge in [0.25, 0.3) is 0 Å². The first kappa shape index (κ1) is 28.1. The van der Waals surface area contributed by atoms with Crippen LogP contribution in [0.3, 0.4) is 0 Å². The molecular weight excluding hydrogens is 472 g/mol. The van der Waals surface area contributed by atoms with E-state index in [0.717, 1.165) is 38.5 Å². The Morgan fingerprint density at radius 3 is 2.10 bits per heavy atom. The topological polar surface area (TPSA) is 24.1 Å². The maximum atomic E-state index is 3.88. The fourth-order valence-corrected chi connectivity index (χ4v) is 8.03. The van der Waals surface area contributed by atoms with E-state index in [1.165, 1.54) is 48.8 Å². The van der Waals surface area contributed by atoms with E-state index >= 15 is 0 Å². The highest BCUT2D eigenvalue weighted by Gasteiger charge is 2.51. The molecule has 1 fully saturated rings. The van der Waals surface area contributed by atoms with Crippen molar-refractivity contribution in [2.45, 2.75) is 83.5 Å². The third-order valence-electron chi connectivity index (χ3n) is 10.2. The van der Waals surface area contributed by atoms with Gasteiger partial charge in [0.2, 0.25) is 0 Å². The number of benzene rings is 3. The van der Waals surface area contributed by atoms with Crippen LogP contribution in [0.2, 0.25) is 0 Å². The smallest absolute Gasteiger partial charge is 0.0101 e. The van der Waals surface area contributed by atoms with Crippen molar-refractivity contribution in [3.8, 4) is 0 Å². The second kappa shape index (κ2) is 12.4. The fraction of sp³-hybridized carbons (Fsp3) is 0.514. The maximum absolute atomic E-state index is 3.88. The van der Waals surface area contributed by atoms with Gasteiger partial charge in [-0.15, -0.1) is 0 Å². The van der Waals surface area contributed by atoms with Crippen LogP contribution in [0.15, 0.2) is 78.9 Å². The summed E-state index contributed by atoms with van der Waals surface area (Å²) in [5, 5.41) is 7.62. The van der Waals surface area contributed by atoms with Crippen molar-refractivity contribution >= 4 is 0 Å². The van der Waals surface area contributed by atoms with Crippen LogP contribution < -0.4 is 10.6 Å². The molecule has 5 rings (SSSR count). The predicted octanol–water partition coefficient (Wildman–Crippen LogP) is 8.22. The van der Waals surface area contributed by atoms with Crippen molar-refractivity contribution in [2.75, 3.05) is 26.2 Å². The number of nitrogens with one attached hydrogen (secondary N) is 2. The lowest BCUT2D eigenvalue weighted by Crippen LogP contribution is -2.53. The lowest BCUT2D eigenvalue weighted by Gasteiger charge is -2.55.